The standard InChI is InChI=1S/C42H59NO5/c1-37(2)29-11-10-28(32(37)20-29)23-43(24-31(46)25-44)26-41(48)17-14-35-39(41,4)16-13-34-38(3)15-12-30(45)21-40(38)18-19-42(34,35)33(22-40)36(47)27-8-6-5-7-9-27/h5-9,18-19,22,28-32,34-35,44-46,48H,10-17,20-21,23-26H2,1-4H3/t28-,29-,30?,31-,32-,34+,35+,38+,39-,40-,41+,42+/m0/s1. The number of aliphatic hydroxyl groups is 4. The summed E-state index contributed by atoms with van der Waals surface area (Å²) in [5.41, 5.74) is -0.334. The number of hydrogen-bond donors (Lipinski definition) is 4. The molecule has 0 aromatic heterocycles. The van der Waals surface area contributed by atoms with Gasteiger partial charge in [-0.3, -0.25) is 9.69 Å². The molecule has 12 atom stereocenters. The van der Waals surface area contributed by atoms with Crippen molar-refractivity contribution in [2.24, 2.45) is 56.7 Å². The number of carbonyl (C=O) groups excluding carboxylic acids is 1. The van der Waals surface area contributed by atoms with Gasteiger partial charge in [-0.1, -0.05) is 76.3 Å². The molecule has 0 saturated heterocycles. The van der Waals surface area contributed by atoms with Crippen molar-refractivity contribution in [3.8, 4) is 0 Å². The molecule has 0 heterocycles. The van der Waals surface area contributed by atoms with Crippen LogP contribution in [0.2, 0.25) is 0 Å². The Labute approximate surface area is 287 Å². The third-order valence-electron chi connectivity index (χ3n) is 16.7. The molecule has 1 aromatic rings. The summed E-state index contributed by atoms with van der Waals surface area (Å²) in [6.07, 6.45) is 15.3. The van der Waals surface area contributed by atoms with Gasteiger partial charge in [-0.15, -0.1) is 0 Å². The van der Waals surface area contributed by atoms with Crippen molar-refractivity contribution in [2.45, 2.75) is 110 Å². The molecule has 4 bridgehead atoms. The van der Waals surface area contributed by atoms with E-state index < -0.39 is 22.5 Å². The van der Waals surface area contributed by atoms with Crippen LogP contribution in [0.5, 0.6) is 0 Å². The van der Waals surface area contributed by atoms with Crippen LogP contribution >= 0.6 is 0 Å². The summed E-state index contributed by atoms with van der Waals surface area (Å²) in [4.78, 5) is 17.0. The molecular weight excluding hydrogens is 598 g/mol. The summed E-state index contributed by atoms with van der Waals surface area (Å²) in [7, 11) is 0. The van der Waals surface area contributed by atoms with Gasteiger partial charge in [0.25, 0.3) is 0 Å². The maximum absolute atomic E-state index is 14.7. The highest BCUT2D eigenvalue weighted by Gasteiger charge is 2.74. The Bertz CT molecular complexity index is 1500. The number of allylic oxidation sites excluding steroid dienone is 4. The Hall–Kier alpha value is -1.83. The summed E-state index contributed by atoms with van der Waals surface area (Å²) in [6.45, 7) is 11.0. The minimum absolute atomic E-state index is 0.0603. The van der Waals surface area contributed by atoms with E-state index in [0.717, 1.165) is 50.1 Å². The minimum atomic E-state index is -0.983. The second-order valence-corrected chi connectivity index (χ2v) is 18.7. The Morgan fingerprint density at radius 3 is 2.35 bits per heavy atom. The van der Waals surface area contributed by atoms with Gasteiger partial charge in [-0.2, -0.15) is 0 Å². The van der Waals surface area contributed by atoms with E-state index in [0.29, 0.717) is 48.7 Å². The third kappa shape index (κ3) is 4.37. The summed E-state index contributed by atoms with van der Waals surface area (Å²) < 4.78 is 0. The summed E-state index contributed by atoms with van der Waals surface area (Å²) in [6, 6.07) is 9.71. The second kappa shape index (κ2) is 11.1. The number of ketones is 1. The first-order valence-electron chi connectivity index (χ1n) is 19.2. The van der Waals surface area contributed by atoms with Crippen LogP contribution in [0.25, 0.3) is 0 Å². The van der Waals surface area contributed by atoms with Crippen molar-refractivity contribution >= 4 is 5.78 Å². The van der Waals surface area contributed by atoms with Gasteiger partial charge in [0.05, 0.1) is 24.4 Å². The molecule has 9 aliphatic carbocycles. The fourth-order valence-electron chi connectivity index (χ4n) is 13.8. The zero-order valence-corrected chi connectivity index (χ0v) is 29.7. The summed E-state index contributed by atoms with van der Waals surface area (Å²) in [5.74, 6) is 2.47. The molecule has 0 radical (unpaired) electrons. The number of Topliss-reactive ketones (excluding diaryl/α,β-unsaturated/α-hetero) is 1. The van der Waals surface area contributed by atoms with Crippen LogP contribution in [-0.4, -0.2) is 75.2 Å². The first-order valence-corrected chi connectivity index (χ1v) is 19.2. The van der Waals surface area contributed by atoms with Gasteiger partial charge < -0.3 is 20.4 Å². The Morgan fingerprint density at radius 2 is 1.65 bits per heavy atom. The minimum Gasteiger partial charge on any atom is -0.394 e. The largest absolute Gasteiger partial charge is 0.394 e. The van der Waals surface area contributed by atoms with E-state index in [1.807, 2.05) is 30.3 Å². The molecule has 2 spiro atoms. The molecule has 0 amide bonds. The molecule has 48 heavy (non-hydrogen) atoms. The van der Waals surface area contributed by atoms with E-state index in [1.165, 1.54) is 19.3 Å². The lowest BCUT2D eigenvalue weighted by Gasteiger charge is -2.71. The zero-order chi connectivity index (χ0) is 33.9. The summed E-state index contributed by atoms with van der Waals surface area (Å²) in [5, 5.41) is 44.7. The predicted molar refractivity (Wildman–Crippen MR) is 187 cm³/mol. The van der Waals surface area contributed by atoms with Crippen LogP contribution in [-0.2, 0) is 0 Å². The fraction of sp³-hybridized carbons (Fsp3) is 0.738. The molecule has 10 rings (SSSR count). The van der Waals surface area contributed by atoms with Crippen LogP contribution in [0.3, 0.4) is 0 Å². The van der Waals surface area contributed by atoms with E-state index in [2.05, 4.69) is 50.8 Å². The van der Waals surface area contributed by atoms with Crippen molar-refractivity contribution < 1.29 is 25.2 Å². The van der Waals surface area contributed by atoms with Gasteiger partial charge in [0.2, 0.25) is 0 Å². The molecule has 0 aliphatic heterocycles. The van der Waals surface area contributed by atoms with E-state index in [4.69, 9.17) is 0 Å². The first kappa shape index (κ1) is 33.3. The zero-order valence-electron chi connectivity index (χ0n) is 29.7. The average molecular weight is 658 g/mol. The lowest BCUT2D eigenvalue weighted by Crippen LogP contribution is -2.67. The van der Waals surface area contributed by atoms with Crippen molar-refractivity contribution in [1.82, 2.24) is 4.90 Å². The number of nitrogens with zero attached hydrogens (tertiary/aromatic N) is 1. The number of benzene rings is 1. The van der Waals surface area contributed by atoms with Gasteiger partial charge in [0, 0.05) is 47.0 Å². The van der Waals surface area contributed by atoms with Crippen molar-refractivity contribution in [2.75, 3.05) is 26.2 Å². The topological polar surface area (TPSA) is 101 Å². The quantitative estimate of drug-likeness (QED) is 0.187. The summed E-state index contributed by atoms with van der Waals surface area (Å²) >= 11 is 0. The molecule has 1 unspecified atom stereocenters. The lowest BCUT2D eigenvalue weighted by molar-refractivity contribution is -0.179. The van der Waals surface area contributed by atoms with Crippen LogP contribution in [0.1, 0.15) is 102 Å². The molecule has 6 nitrogen and oxygen atoms in total. The molecule has 6 fully saturated rings. The molecule has 262 valence electrons. The second-order valence-electron chi connectivity index (χ2n) is 18.7. The van der Waals surface area contributed by atoms with E-state index in [-0.39, 0.29) is 41.2 Å². The average Bonchev–Trinajstić information content (AvgIpc) is 3.34. The van der Waals surface area contributed by atoms with Gasteiger partial charge in [0.15, 0.2) is 5.78 Å². The number of hydrogen-bond acceptors (Lipinski definition) is 6. The molecule has 9 aliphatic rings. The van der Waals surface area contributed by atoms with Gasteiger partial charge in [0.1, 0.15) is 0 Å². The highest BCUT2D eigenvalue weighted by atomic mass is 16.3. The predicted octanol–water partition coefficient (Wildman–Crippen LogP) is 6.19. The Kier molecular flexibility index (Phi) is 7.69. The van der Waals surface area contributed by atoms with E-state index in [9.17, 15) is 25.2 Å². The highest BCUT2D eigenvalue weighted by Crippen LogP contribution is 2.78. The monoisotopic (exact) mass is 657 g/mol. The van der Waals surface area contributed by atoms with Gasteiger partial charge in [-0.25, -0.2) is 0 Å². The maximum atomic E-state index is 14.7. The third-order valence-corrected chi connectivity index (χ3v) is 16.7. The van der Waals surface area contributed by atoms with Crippen LogP contribution in [0.15, 0.2) is 54.1 Å². The van der Waals surface area contributed by atoms with Crippen molar-refractivity contribution in [1.29, 1.82) is 0 Å². The molecule has 6 saturated carbocycles. The molecule has 4 N–H and O–H groups in total. The molecular formula is C42H59NO5. The maximum Gasteiger partial charge on any atom is 0.189 e. The number of fused-ring (bicyclic) bond motifs is 3. The van der Waals surface area contributed by atoms with Crippen molar-refractivity contribution in [3.05, 3.63) is 59.7 Å². The smallest absolute Gasteiger partial charge is 0.189 e. The van der Waals surface area contributed by atoms with Gasteiger partial charge >= 0.3 is 0 Å². The number of carbonyl (C=O) groups is 1. The van der Waals surface area contributed by atoms with Crippen molar-refractivity contribution in [3.63, 3.8) is 0 Å². The van der Waals surface area contributed by atoms with Crippen LogP contribution < -0.4 is 0 Å². The highest BCUT2D eigenvalue weighted by molar-refractivity contribution is 6.10. The fourth-order valence-corrected chi connectivity index (χ4v) is 13.8. The van der Waals surface area contributed by atoms with Gasteiger partial charge in [-0.05, 0) is 105 Å². The molecule has 6 heteroatoms. The van der Waals surface area contributed by atoms with Crippen LogP contribution in [0, 0.1) is 56.7 Å². The van der Waals surface area contributed by atoms with E-state index >= 15 is 0 Å². The Balaban J connectivity index is 1.16. The first-order chi connectivity index (χ1) is 22.7. The number of rotatable bonds is 9. The SMILES string of the molecule is CC1(C)[C@H]2CC[C@@H](CN(C[C@H](O)CO)C[C@]3(O)CC[C@H]4[C@]56C=C[C@@]7(C=C5C(=O)c5ccccc5)CC(O)CC[C@]7(C)[C@H]6CC[C@@]43C)[C@@H]1C2. The van der Waals surface area contributed by atoms with E-state index in [1.54, 1.807) is 0 Å². The lowest BCUT2D eigenvalue weighted by atomic mass is 9.32. The normalized spacial score (nSPS) is 47.1. The Morgan fingerprint density at radius 1 is 0.938 bits per heavy atom. The van der Waals surface area contributed by atoms with Crippen LogP contribution in [0.4, 0.5) is 0 Å². The molecule has 1 aromatic carbocycles. The number of aliphatic hydroxyl groups excluding tert-OH is 3.